The average Bonchev–Trinajstić information content (AvgIpc) is 2.34. The SMILES string of the molecule is [C-]#[N+][C@H]1CC[C@H](CN)C1. The minimum Gasteiger partial charge on any atom is -0.330 e. The lowest BCUT2D eigenvalue weighted by Crippen LogP contribution is -2.10. The van der Waals surface area contributed by atoms with E-state index in [2.05, 4.69) is 4.85 Å². The van der Waals surface area contributed by atoms with Crippen LogP contribution >= 0.6 is 0 Å². The molecule has 0 amide bonds. The Morgan fingerprint density at radius 2 is 2.33 bits per heavy atom. The van der Waals surface area contributed by atoms with Crippen LogP contribution in [-0.2, 0) is 0 Å². The summed E-state index contributed by atoms with van der Waals surface area (Å²) in [6.07, 6.45) is 3.29. The van der Waals surface area contributed by atoms with Crippen molar-refractivity contribution in [1.82, 2.24) is 0 Å². The van der Waals surface area contributed by atoms with Gasteiger partial charge in [-0.2, -0.15) is 0 Å². The van der Waals surface area contributed by atoms with Gasteiger partial charge in [0.15, 0.2) is 0 Å². The first-order valence-corrected chi connectivity index (χ1v) is 3.43. The Morgan fingerprint density at radius 1 is 1.56 bits per heavy atom. The summed E-state index contributed by atoms with van der Waals surface area (Å²) >= 11 is 0. The Labute approximate surface area is 55.9 Å². The van der Waals surface area contributed by atoms with Gasteiger partial charge in [-0.25, -0.2) is 6.57 Å². The molecule has 2 heteroatoms. The second-order valence-corrected chi connectivity index (χ2v) is 2.70. The van der Waals surface area contributed by atoms with E-state index in [-0.39, 0.29) is 0 Å². The molecule has 0 bridgehead atoms. The summed E-state index contributed by atoms with van der Waals surface area (Å²) in [5.74, 6) is 0.643. The van der Waals surface area contributed by atoms with Gasteiger partial charge in [0, 0.05) is 12.8 Å². The quantitative estimate of drug-likeness (QED) is 0.520. The first-order valence-electron chi connectivity index (χ1n) is 3.43. The molecule has 1 rings (SSSR count). The molecule has 2 N–H and O–H groups in total. The summed E-state index contributed by atoms with van der Waals surface area (Å²) in [4.78, 5) is 3.48. The fourth-order valence-electron chi connectivity index (χ4n) is 1.38. The van der Waals surface area contributed by atoms with Crippen LogP contribution in [-0.4, -0.2) is 12.6 Å². The molecule has 0 aromatic heterocycles. The summed E-state index contributed by atoms with van der Waals surface area (Å²) in [6, 6.07) is 0.290. The molecular weight excluding hydrogens is 112 g/mol. The molecule has 0 aromatic carbocycles. The lowest BCUT2D eigenvalue weighted by atomic mass is 10.1. The van der Waals surface area contributed by atoms with Gasteiger partial charge < -0.3 is 10.6 Å². The van der Waals surface area contributed by atoms with E-state index in [0.717, 1.165) is 19.4 Å². The van der Waals surface area contributed by atoms with Crippen LogP contribution in [0.5, 0.6) is 0 Å². The predicted octanol–water partition coefficient (Wildman–Crippen LogP) is 1.03. The van der Waals surface area contributed by atoms with Crippen LogP contribution in [0.3, 0.4) is 0 Å². The summed E-state index contributed by atoms with van der Waals surface area (Å²) in [7, 11) is 0. The van der Waals surface area contributed by atoms with Crippen LogP contribution < -0.4 is 5.73 Å². The summed E-state index contributed by atoms with van der Waals surface area (Å²) in [6.45, 7) is 7.52. The highest BCUT2D eigenvalue weighted by atomic mass is 14.7. The van der Waals surface area contributed by atoms with Gasteiger partial charge in [0.25, 0.3) is 0 Å². The van der Waals surface area contributed by atoms with Crippen molar-refractivity contribution in [2.75, 3.05) is 6.54 Å². The van der Waals surface area contributed by atoms with Crippen LogP contribution in [0.15, 0.2) is 0 Å². The molecule has 2 nitrogen and oxygen atoms in total. The molecule has 0 unspecified atom stereocenters. The standard InChI is InChI=1S/C7H12N2/c1-9-7-3-2-6(4-7)5-8/h6-7H,2-5,8H2/t6-,7-/m0/s1. The Morgan fingerprint density at radius 3 is 2.67 bits per heavy atom. The lowest BCUT2D eigenvalue weighted by molar-refractivity contribution is 0.559. The number of rotatable bonds is 1. The molecule has 1 aliphatic rings. The maximum Gasteiger partial charge on any atom is 0.224 e. The van der Waals surface area contributed by atoms with Crippen LogP contribution in [0.1, 0.15) is 19.3 Å². The fourth-order valence-corrected chi connectivity index (χ4v) is 1.38. The topological polar surface area (TPSA) is 30.4 Å². The zero-order valence-corrected chi connectivity index (χ0v) is 5.51. The number of hydrogen-bond donors (Lipinski definition) is 1. The summed E-state index contributed by atoms with van der Waals surface area (Å²) < 4.78 is 0. The molecule has 0 heterocycles. The molecule has 1 aliphatic carbocycles. The van der Waals surface area contributed by atoms with Crippen molar-refractivity contribution in [1.29, 1.82) is 0 Å². The van der Waals surface area contributed by atoms with E-state index >= 15 is 0 Å². The zero-order chi connectivity index (χ0) is 6.69. The molecule has 0 aromatic rings. The van der Waals surface area contributed by atoms with Gasteiger partial charge in [0.2, 0.25) is 6.04 Å². The van der Waals surface area contributed by atoms with Crippen LogP contribution in [0.4, 0.5) is 0 Å². The van der Waals surface area contributed by atoms with E-state index in [0.29, 0.717) is 12.0 Å². The molecule has 1 saturated carbocycles. The predicted molar refractivity (Wildman–Crippen MR) is 36.8 cm³/mol. The van der Waals surface area contributed by atoms with Crippen molar-refractivity contribution in [3.63, 3.8) is 0 Å². The zero-order valence-electron chi connectivity index (χ0n) is 5.51. The molecule has 0 saturated heterocycles. The first-order chi connectivity index (χ1) is 4.36. The second kappa shape index (κ2) is 2.84. The van der Waals surface area contributed by atoms with Crippen LogP contribution in [0.25, 0.3) is 4.85 Å². The molecule has 50 valence electrons. The van der Waals surface area contributed by atoms with Crippen molar-refractivity contribution in [3.8, 4) is 0 Å². The highest BCUT2D eigenvalue weighted by Gasteiger charge is 2.26. The monoisotopic (exact) mass is 124 g/mol. The van der Waals surface area contributed by atoms with Crippen LogP contribution in [0, 0.1) is 12.5 Å². The minimum atomic E-state index is 0.290. The number of nitrogens with two attached hydrogens (primary N) is 1. The van der Waals surface area contributed by atoms with E-state index in [1.54, 1.807) is 0 Å². The van der Waals surface area contributed by atoms with Gasteiger partial charge >= 0.3 is 0 Å². The first kappa shape index (κ1) is 6.57. The molecular formula is C7H12N2. The molecule has 0 radical (unpaired) electrons. The Kier molecular flexibility index (Phi) is 2.07. The molecule has 1 fully saturated rings. The van der Waals surface area contributed by atoms with Gasteiger partial charge in [-0.15, -0.1) is 0 Å². The minimum absolute atomic E-state index is 0.290. The Hall–Kier alpha value is -0.550. The Balaban J connectivity index is 2.31. The maximum atomic E-state index is 6.75. The van der Waals surface area contributed by atoms with Gasteiger partial charge in [-0.05, 0) is 18.9 Å². The maximum absolute atomic E-state index is 6.75. The largest absolute Gasteiger partial charge is 0.330 e. The van der Waals surface area contributed by atoms with Crippen molar-refractivity contribution in [2.24, 2.45) is 11.7 Å². The fraction of sp³-hybridized carbons (Fsp3) is 0.857. The van der Waals surface area contributed by atoms with Gasteiger partial charge in [-0.1, -0.05) is 0 Å². The highest BCUT2D eigenvalue weighted by Crippen LogP contribution is 2.26. The smallest absolute Gasteiger partial charge is 0.224 e. The molecule has 0 aliphatic heterocycles. The second-order valence-electron chi connectivity index (χ2n) is 2.70. The van der Waals surface area contributed by atoms with Gasteiger partial charge in [0.1, 0.15) is 0 Å². The Bertz CT molecular complexity index is 125. The summed E-state index contributed by atoms with van der Waals surface area (Å²) in [5.41, 5.74) is 5.45. The lowest BCUT2D eigenvalue weighted by Gasteiger charge is -1.99. The van der Waals surface area contributed by atoms with Gasteiger partial charge in [0.05, 0.1) is 0 Å². The van der Waals surface area contributed by atoms with Crippen molar-refractivity contribution in [3.05, 3.63) is 11.4 Å². The third-order valence-corrected chi connectivity index (χ3v) is 2.03. The third kappa shape index (κ3) is 1.43. The van der Waals surface area contributed by atoms with E-state index < -0.39 is 0 Å². The summed E-state index contributed by atoms with van der Waals surface area (Å²) in [5, 5.41) is 0. The molecule has 2 atom stereocenters. The van der Waals surface area contributed by atoms with Crippen LogP contribution in [0.2, 0.25) is 0 Å². The molecule has 9 heavy (non-hydrogen) atoms. The third-order valence-electron chi connectivity index (χ3n) is 2.03. The highest BCUT2D eigenvalue weighted by molar-refractivity contribution is 4.88. The molecule has 0 spiro atoms. The average molecular weight is 124 g/mol. The normalized spacial score (nSPS) is 34.2. The van der Waals surface area contributed by atoms with Gasteiger partial charge in [-0.3, -0.25) is 0 Å². The number of hydrogen-bond acceptors (Lipinski definition) is 1. The van der Waals surface area contributed by atoms with E-state index in [4.69, 9.17) is 12.3 Å². The number of nitrogens with zero attached hydrogens (tertiary/aromatic N) is 1. The van der Waals surface area contributed by atoms with Crippen molar-refractivity contribution in [2.45, 2.75) is 25.3 Å². The van der Waals surface area contributed by atoms with Crippen molar-refractivity contribution < 1.29 is 0 Å². The van der Waals surface area contributed by atoms with E-state index in [9.17, 15) is 0 Å². The van der Waals surface area contributed by atoms with Crippen molar-refractivity contribution >= 4 is 0 Å². The van der Waals surface area contributed by atoms with E-state index in [1.807, 2.05) is 0 Å². The van der Waals surface area contributed by atoms with E-state index in [1.165, 1.54) is 6.42 Å².